The number of aliphatic hydroxyl groups excluding tert-OH is 2. The normalized spacial score (nSPS) is 11.1. The van der Waals surface area contributed by atoms with Gasteiger partial charge in [0.25, 0.3) is 0 Å². The van der Waals surface area contributed by atoms with Gasteiger partial charge in [0.05, 0.1) is 24.4 Å². The fourth-order valence-electron chi connectivity index (χ4n) is 4.26. The highest BCUT2D eigenvalue weighted by atomic mass is 19.4. The first-order chi connectivity index (χ1) is 23.4. The lowest BCUT2D eigenvalue weighted by Gasteiger charge is -2.14. The van der Waals surface area contributed by atoms with Gasteiger partial charge in [-0.3, -0.25) is 0 Å². The van der Waals surface area contributed by atoms with Crippen molar-refractivity contribution < 1.29 is 61.0 Å². The van der Waals surface area contributed by atoms with Crippen molar-refractivity contribution in [3.05, 3.63) is 102 Å². The Hall–Kier alpha value is -4.88. The molecule has 0 heterocycles. The van der Waals surface area contributed by atoms with Crippen molar-refractivity contribution in [2.45, 2.75) is 38.5 Å². The minimum Gasteiger partial charge on any atom is -0.490 e. The molecular formula is C36H38F4O9. The van der Waals surface area contributed by atoms with E-state index in [-0.39, 0.29) is 63.4 Å². The van der Waals surface area contributed by atoms with Crippen LogP contribution in [0.5, 0.6) is 17.2 Å². The van der Waals surface area contributed by atoms with Gasteiger partial charge in [-0.15, -0.1) is 0 Å². The van der Waals surface area contributed by atoms with Crippen LogP contribution < -0.4 is 14.2 Å². The number of benzene rings is 3. The number of rotatable bonds is 20. The standard InChI is InChI=1S/C36H38F4O9/c1-24(21-41)34(43)47-15-13-45-31-18-29(19-32(20-31)46-14-16-48-35(44)25(2)22-42)27-8-10-30(11-9-27)49-23-26-6-7-28(33(37)17-26)5-3-4-12-36(38,39)40/h6-11,17-20,41-42H,1-5,12-16,21-23H2. The second kappa shape index (κ2) is 19.2. The summed E-state index contributed by atoms with van der Waals surface area (Å²) in [4.78, 5) is 23.4. The zero-order chi connectivity index (χ0) is 35.8. The number of hydrogen-bond donors (Lipinski definition) is 2. The lowest BCUT2D eigenvalue weighted by molar-refractivity contribution is -0.141. The smallest absolute Gasteiger partial charge is 0.389 e. The van der Waals surface area contributed by atoms with E-state index in [0.717, 1.165) is 5.56 Å². The van der Waals surface area contributed by atoms with Gasteiger partial charge in [0.1, 0.15) is 56.1 Å². The molecule has 0 radical (unpaired) electrons. The van der Waals surface area contributed by atoms with Gasteiger partial charge in [-0.1, -0.05) is 37.4 Å². The number of hydrogen-bond acceptors (Lipinski definition) is 9. The van der Waals surface area contributed by atoms with Crippen LogP contribution >= 0.6 is 0 Å². The minimum atomic E-state index is -4.22. The fraction of sp³-hybridized carbons (Fsp3) is 0.333. The van der Waals surface area contributed by atoms with Crippen LogP contribution in [-0.2, 0) is 32.1 Å². The summed E-state index contributed by atoms with van der Waals surface area (Å²) < 4.78 is 78.9. The molecule has 0 unspecified atom stereocenters. The van der Waals surface area contributed by atoms with E-state index in [1.54, 1.807) is 54.6 Å². The van der Waals surface area contributed by atoms with Crippen molar-refractivity contribution >= 4 is 11.9 Å². The Morgan fingerprint density at radius 1 is 0.673 bits per heavy atom. The van der Waals surface area contributed by atoms with Crippen LogP contribution in [0, 0.1) is 5.82 Å². The second-order valence-corrected chi connectivity index (χ2v) is 10.7. The van der Waals surface area contributed by atoms with Crippen molar-refractivity contribution in [1.82, 2.24) is 0 Å². The second-order valence-electron chi connectivity index (χ2n) is 10.7. The Morgan fingerprint density at radius 2 is 1.24 bits per heavy atom. The highest BCUT2D eigenvalue weighted by Gasteiger charge is 2.25. The average molecular weight is 691 g/mol. The predicted octanol–water partition coefficient (Wildman–Crippen LogP) is 6.29. The molecular weight excluding hydrogens is 652 g/mol. The van der Waals surface area contributed by atoms with Crippen molar-refractivity contribution in [3.8, 4) is 28.4 Å². The minimum absolute atomic E-state index is 0.0133. The van der Waals surface area contributed by atoms with Crippen LogP contribution in [-0.4, -0.2) is 68.0 Å². The number of carbonyl (C=O) groups is 2. The summed E-state index contributed by atoms with van der Waals surface area (Å²) in [5, 5.41) is 18.0. The molecule has 0 aliphatic carbocycles. The van der Waals surface area contributed by atoms with E-state index in [0.29, 0.717) is 33.9 Å². The lowest BCUT2D eigenvalue weighted by atomic mass is 10.0. The summed E-state index contributed by atoms with van der Waals surface area (Å²) in [5.74, 6) is -0.731. The molecule has 0 aliphatic rings. The summed E-state index contributed by atoms with van der Waals surface area (Å²) in [5.41, 5.74) is 2.17. The maximum Gasteiger partial charge on any atom is 0.389 e. The zero-order valence-electron chi connectivity index (χ0n) is 26.7. The molecule has 3 rings (SSSR count). The van der Waals surface area contributed by atoms with E-state index in [4.69, 9.17) is 33.9 Å². The number of halogens is 4. The quantitative estimate of drug-likeness (QED) is 0.0610. The molecule has 0 aliphatic heterocycles. The van der Waals surface area contributed by atoms with Crippen molar-refractivity contribution in [1.29, 1.82) is 0 Å². The average Bonchev–Trinajstić information content (AvgIpc) is 3.08. The molecule has 3 aromatic rings. The first-order valence-electron chi connectivity index (χ1n) is 15.3. The summed E-state index contributed by atoms with van der Waals surface area (Å²) in [6, 6.07) is 16.6. The zero-order valence-corrected chi connectivity index (χ0v) is 26.7. The molecule has 9 nitrogen and oxygen atoms in total. The Morgan fingerprint density at radius 3 is 1.76 bits per heavy atom. The molecule has 0 bridgehead atoms. The Balaban J connectivity index is 1.63. The molecule has 2 N–H and O–H groups in total. The molecule has 0 fully saturated rings. The maximum absolute atomic E-state index is 14.5. The number of esters is 2. The Labute approximate surface area is 281 Å². The van der Waals surface area contributed by atoms with E-state index in [1.807, 2.05) is 0 Å². The van der Waals surface area contributed by atoms with Crippen molar-refractivity contribution in [2.24, 2.45) is 0 Å². The van der Waals surface area contributed by atoms with Gasteiger partial charge in [0, 0.05) is 12.5 Å². The van der Waals surface area contributed by atoms with Gasteiger partial charge in [0.2, 0.25) is 0 Å². The topological polar surface area (TPSA) is 121 Å². The number of aliphatic hydroxyl groups is 2. The first kappa shape index (κ1) is 38.6. The molecule has 0 saturated heterocycles. The molecule has 49 heavy (non-hydrogen) atoms. The molecule has 13 heteroatoms. The molecule has 264 valence electrons. The fourth-order valence-corrected chi connectivity index (χ4v) is 4.26. The van der Waals surface area contributed by atoms with E-state index in [9.17, 15) is 27.2 Å². The van der Waals surface area contributed by atoms with Gasteiger partial charge < -0.3 is 33.9 Å². The highest BCUT2D eigenvalue weighted by molar-refractivity contribution is 5.88. The third kappa shape index (κ3) is 13.6. The Kier molecular flexibility index (Phi) is 15.1. The van der Waals surface area contributed by atoms with Crippen molar-refractivity contribution in [3.63, 3.8) is 0 Å². The van der Waals surface area contributed by atoms with Gasteiger partial charge >= 0.3 is 18.1 Å². The van der Waals surface area contributed by atoms with Crippen LogP contribution in [0.4, 0.5) is 17.6 Å². The molecule has 0 saturated carbocycles. The monoisotopic (exact) mass is 690 g/mol. The Bertz CT molecular complexity index is 1520. The summed E-state index contributed by atoms with van der Waals surface area (Å²) in [7, 11) is 0. The van der Waals surface area contributed by atoms with E-state index >= 15 is 0 Å². The lowest BCUT2D eigenvalue weighted by Crippen LogP contribution is -2.15. The van der Waals surface area contributed by atoms with Gasteiger partial charge in [-0.25, -0.2) is 14.0 Å². The van der Waals surface area contributed by atoms with Gasteiger partial charge in [0.15, 0.2) is 0 Å². The molecule has 0 spiro atoms. The molecule has 0 amide bonds. The summed E-state index contributed by atoms with van der Waals surface area (Å²) in [6.45, 7) is 5.58. The summed E-state index contributed by atoms with van der Waals surface area (Å²) >= 11 is 0. The van der Waals surface area contributed by atoms with Crippen LogP contribution in [0.3, 0.4) is 0 Å². The van der Waals surface area contributed by atoms with Gasteiger partial charge in [-0.05, 0) is 71.8 Å². The van der Waals surface area contributed by atoms with Crippen LogP contribution in [0.15, 0.2) is 85.0 Å². The van der Waals surface area contributed by atoms with E-state index in [2.05, 4.69) is 13.2 Å². The maximum atomic E-state index is 14.5. The largest absolute Gasteiger partial charge is 0.490 e. The molecule has 3 aromatic carbocycles. The number of alkyl halides is 3. The van der Waals surface area contributed by atoms with Crippen LogP contribution in [0.1, 0.15) is 30.4 Å². The third-order valence-corrected chi connectivity index (χ3v) is 6.88. The first-order valence-corrected chi connectivity index (χ1v) is 15.3. The molecule has 0 atom stereocenters. The number of carbonyl (C=O) groups excluding carboxylic acids is 2. The third-order valence-electron chi connectivity index (χ3n) is 6.88. The van der Waals surface area contributed by atoms with Crippen LogP contribution in [0.2, 0.25) is 0 Å². The van der Waals surface area contributed by atoms with Crippen LogP contribution in [0.25, 0.3) is 11.1 Å². The number of unbranched alkanes of at least 4 members (excludes halogenated alkanes) is 1. The number of ether oxygens (including phenoxy) is 5. The molecule has 0 aromatic heterocycles. The van der Waals surface area contributed by atoms with Gasteiger partial charge in [-0.2, -0.15) is 13.2 Å². The SMILES string of the molecule is C=C(CO)C(=O)OCCOc1cc(OCCOC(=O)C(=C)CO)cc(-c2ccc(OCc3ccc(CCCCC(F)(F)F)c(F)c3)cc2)c1. The predicted molar refractivity (Wildman–Crippen MR) is 172 cm³/mol. The summed E-state index contributed by atoms with van der Waals surface area (Å²) in [6.07, 6.45) is -4.72. The highest BCUT2D eigenvalue weighted by Crippen LogP contribution is 2.31. The van der Waals surface area contributed by atoms with E-state index < -0.39 is 43.6 Å². The van der Waals surface area contributed by atoms with E-state index in [1.165, 1.54) is 6.07 Å². The number of aryl methyl sites for hydroxylation is 1. The van der Waals surface area contributed by atoms with Crippen molar-refractivity contribution in [2.75, 3.05) is 39.6 Å².